The number of hydrogen-bond donors (Lipinski definition) is 0. The van der Waals surface area contributed by atoms with Gasteiger partial charge in [0, 0.05) is 49.0 Å². The van der Waals surface area contributed by atoms with Gasteiger partial charge in [-0.2, -0.15) is 0 Å². The van der Waals surface area contributed by atoms with Gasteiger partial charge in [0.2, 0.25) is 0 Å². The zero-order valence-electron chi connectivity index (χ0n) is 31.4. The molecule has 4 aromatic heterocycles. The maximum absolute atomic E-state index is 6.60. The minimum Gasteiger partial charge on any atom is -0.456 e. The lowest BCUT2D eigenvalue weighted by atomic mass is 10.0. The molecule has 6 nitrogen and oxygen atoms in total. The van der Waals surface area contributed by atoms with Gasteiger partial charge in [-0.1, -0.05) is 121 Å². The standard InChI is InChI=1S/C53H30N4O2/c1-2-14-33-28-45-40(26-32(33)13-1)36-17-5-8-21-44(36)57(45)46-29-42-38-19-7-10-23-48(38)59-50(42)30-43(46)53-55-51(34-24-25-49-41(27-34)37-18-6-9-22-47(37)58-49)54-52(56-53)39-20-11-15-31-12-3-4-16-35(31)39/h1-30H. The van der Waals surface area contributed by atoms with Crippen molar-refractivity contribution in [2.45, 2.75) is 0 Å². The molecule has 0 bridgehead atoms. The van der Waals surface area contributed by atoms with Gasteiger partial charge in [0.15, 0.2) is 17.5 Å². The van der Waals surface area contributed by atoms with Crippen molar-refractivity contribution in [2.24, 2.45) is 0 Å². The highest BCUT2D eigenvalue weighted by Crippen LogP contribution is 2.42. The number of nitrogens with zero attached hydrogens (tertiary/aromatic N) is 4. The van der Waals surface area contributed by atoms with Gasteiger partial charge in [-0.25, -0.2) is 15.0 Å². The fourth-order valence-corrected chi connectivity index (χ4v) is 9.07. The van der Waals surface area contributed by atoms with Crippen LogP contribution >= 0.6 is 0 Å². The van der Waals surface area contributed by atoms with E-state index in [2.05, 4.69) is 144 Å². The summed E-state index contributed by atoms with van der Waals surface area (Å²) < 4.78 is 15.2. The number of aromatic nitrogens is 4. The van der Waals surface area contributed by atoms with E-state index in [4.69, 9.17) is 23.8 Å². The van der Waals surface area contributed by atoms with Crippen LogP contribution in [-0.2, 0) is 0 Å². The molecule has 274 valence electrons. The van der Waals surface area contributed by atoms with Crippen molar-refractivity contribution < 1.29 is 8.83 Å². The third kappa shape index (κ3) is 4.84. The third-order valence-electron chi connectivity index (χ3n) is 11.8. The average Bonchev–Trinajstić information content (AvgIpc) is 3.96. The second-order valence-electron chi connectivity index (χ2n) is 15.2. The average molecular weight is 755 g/mol. The largest absolute Gasteiger partial charge is 0.456 e. The van der Waals surface area contributed by atoms with Crippen molar-refractivity contribution in [1.29, 1.82) is 0 Å². The Hall–Kier alpha value is -8.09. The van der Waals surface area contributed by atoms with Crippen LogP contribution in [0.2, 0.25) is 0 Å². The second-order valence-corrected chi connectivity index (χ2v) is 15.2. The molecule has 0 aliphatic carbocycles. The van der Waals surface area contributed by atoms with Gasteiger partial charge in [0.05, 0.1) is 16.7 Å². The van der Waals surface area contributed by atoms with Crippen LogP contribution < -0.4 is 0 Å². The molecule has 0 aliphatic heterocycles. The topological polar surface area (TPSA) is 69.9 Å². The molecule has 0 unspecified atom stereocenters. The Morgan fingerprint density at radius 2 is 0.898 bits per heavy atom. The van der Waals surface area contributed by atoms with Crippen LogP contribution in [0.3, 0.4) is 0 Å². The van der Waals surface area contributed by atoms with Gasteiger partial charge < -0.3 is 13.4 Å². The Labute approximate surface area is 336 Å². The molecule has 6 heteroatoms. The summed E-state index contributed by atoms with van der Waals surface area (Å²) in [5.41, 5.74) is 9.00. The van der Waals surface area contributed by atoms with Crippen molar-refractivity contribution in [2.75, 3.05) is 0 Å². The molecule has 0 N–H and O–H groups in total. The van der Waals surface area contributed by atoms with E-state index in [1.165, 1.54) is 21.5 Å². The van der Waals surface area contributed by atoms with Gasteiger partial charge in [0.1, 0.15) is 22.3 Å². The van der Waals surface area contributed by atoms with Crippen molar-refractivity contribution in [1.82, 2.24) is 19.5 Å². The van der Waals surface area contributed by atoms with E-state index in [1.807, 2.05) is 42.5 Å². The van der Waals surface area contributed by atoms with Crippen molar-refractivity contribution in [3.8, 4) is 39.9 Å². The molecule has 9 aromatic carbocycles. The molecule has 0 amide bonds. The molecular weight excluding hydrogens is 725 g/mol. The summed E-state index contributed by atoms with van der Waals surface area (Å²) in [6.07, 6.45) is 0. The number of furan rings is 2. The number of rotatable bonds is 4. The molecule has 0 aliphatic rings. The SMILES string of the molecule is c1ccc2cc3c(cc2c1)c1ccccc1n3-c1cc2c(cc1-c1nc(-c3ccc4oc5ccccc5c4c3)nc(-c3cccc4ccccc34)n1)oc1ccccc12. The van der Waals surface area contributed by atoms with Gasteiger partial charge in [0.25, 0.3) is 0 Å². The molecule has 0 radical (unpaired) electrons. The first kappa shape index (κ1) is 32.0. The quantitative estimate of drug-likeness (QED) is 0.179. The summed E-state index contributed by atoms with van der Waals surface area (Å²) >= 11 is 0. The Bertz CT molecular complexity index is 3870. The van der Waals surface area contributed by atoms with Gasteiger partial charge in [-0.15, -0.1) is 0 Å². The third-order valence-corrected chi connectivity index (χ3v) is 11.8. The first-order chi connectivity index (χ1) is 29.2. The number of para-hydroxylation sites is 3. The molecule has 0 saturated carbocycles. The van der Waals surface area contributed by atoms with E-state index in [-0.39, 0.29) is 0 Å². The summed E-state index contributed by atoms with van der Waals surface area (Å²) in [7, 11) is 0. The van der Waals surface area contributed by atoms with E-state index in [9.17, 15) is 0 Å². The lowest BCUT2D eigenvalue weighted by Crippen LogP contribution is -2.04. The van der Waals surface area contributed by atoms with Crippen LogP contribution in [0.1, 0.15) is 0 Å². The summed E-state index contributed by atoms with van der Waals surface area (Å²) in [6.45, 7) is 0. The van der Waals surface area contributed by atoms with E-state index in [1.54, 1.807) is 0 Å². The Morgan fingerprint density at radius 3 is 1.69 bits per heavy atom. The second kappa shape index (κ2) is 12.2. The highest BCUT2D eigenvalue weighted by molar-refractivity contribution is 6.15. The van der Waals surface area contributed by atoms with Crippen LogP contribution in [0.15, 0.2) is 191 Å². The van der Waals surface area contributed by atoms with Crippen LogP contribution in [0.4, 0.5) is 0 Å². The minimum atomic E-state index is 0.541. The van der Waals surface area contributed by atoms with E-state index >= 15 is 0 Å². The van der Waals surface area contributed by atoms with Crippen molar-refractivity contribution in [3.05, 3.63) is 182 Å². The maximum Gasteiger partial charge on any atom is 0.166 e. The summed E-state index contributed by atoms with van der Waals surface area (Å²) in [6, 6.07) is 63.4. The maximum atomic E-state index is 6.60. The number of fused-ring (bicyclic) bond motifs is 11. The fraction of sp³-hybridized carbons (Fsp3) is 0. The van der Waals surface area contributed by atoms with Crippen molar-refractivity contribution in [3.63, 3.8) is 0 Å². The molecule has 0 spiro atoms. The summed E-state index contributed by atoms with van der Waals surface area (Å²) in [5.74, 6) is 1.69. The number of hydrogen-bond acceptors (Lipinski definition) is 5. The molecule has 13 aromatic rings. The van der Waals surface area contributed by atoms with Gasteiger partial charge in [-0.3, -0.25) is 0 Å². The summed E-state index contributed by atoms with van der Waals surface area (Å²) in [4.78, 5) is 16.0. The molecule has 0 fully saturated rings. The Morgan fingerprint density at radius 1 is 0.322 bits per heavy atom. The lowest BCUT2D eigenvalue weighted by Gasteiger charge is -2.15. The van der Waals surface area contributed by atoms with Gasteiger partial charge in [-0.05, 0) is 82.2 Å². The Kier molecular flexibility index (Phi) is 6.63. The van der Waals surface area contributed by atoms with Crippen molar-refractivity contribution >= 4 is 87.2 Å². The van der Waals surface area contributed by atoms with Gasteiger partial charge >= 0.3 is 0 Å². The first-order valence-electron chi connectivity index (χ1n) is 19.8. The van der Waals surface area contributed by atoms with Crippen LogP contribution in [0, 0.1) is 0 Å². The lowest BCUT2D eigenvalue weighted by molar-refractivity contribution is 0.668. The molecule has 59 heavy (non-hydrogen) atoms. The predicted molar refractivity (Wildman–Crippen MR) is 240 cm³/mol. The zero-order chi connectivity index (χ0) is 38.6. The smallest absolute Gasteiger partial charge is 0.166 e. The molecule has 0 saturated heterocycles. The molecule has 13 rings (SSSR count). The highest BCUT2D eigenvalue weighted by Gasteiger charge is 2.23. The highest BCUT2D eigenvalue weighted by atomic mass is 16.3. The molecule has 4 heterocycles. The van der Waals surface area contributed by atoms with Crippen LogP contribution in [0.25, 0.3) is 127 Å². The van der Waals surface area contributed by atoms with Crippen LogP contribution in [0.5, 0.6) is 0 Å². The predicted octanol–water partition coefficient (Wildman–Crippen LogP) is 14.1. The van der Waals surface area contributed by atoms with E-state index in [0.717, 1.165) is 88.1 Å². The normalized spacial score (nSPS) is 12.1. The number of benzene rings is 9. The van der Waals surface area contributed by atoms with Crippen LogP contribution in [-0.4, -0.2) is 19.5 Å². The van der Waals surface area contributed by atoms with E-state index < -0.39 is 0 Å². The Balaban J connectivity index is 1.15. The fourth-order valence-electron chi connectivity index (χ4n) is 9.07. The molecule has 0 atom stereocenters. The molecular formula is C53H30N4O2. The monoisotopic (exact) mass is 754 g/mol. The minimum absolute atomic E-state index is 0.541. The first-order valence-corrected chi connectivity index (χ1v) is 19.8. The van der Waals surface area contributed by atoms with E-state index in [0.29, 0.717) is 17.5 Å². The summed E-state index contributed by atoms with van der Waals surface area (Å²) in [5, 5.41) is 11.0. The zero-order valence-corrected chi connectivity index (χ0v) is 31.4.